The van der Waals surface area contributed by atoms with Crippen molar-refractivity contribution in [2.24, 2.45) is 4.99 Å². The highest BCUT2D eigenvalue weighted by Gasteiger charge is 2.22. The van der Waals surface area contributed by atoms with E-state index in [1.54, 1.807) is 7.11 Å². The van der Waals surface area contributed by atoms with Crippen LogP contribution in [-0.2, 0) is 4.74 Å². The maximum Gasteiger partial charge on any atom is 0.191 e. The van der Waals surface area contributed by atoms with Crippen LogP contribution in [0.2, 0.25) is 0 Å². The molecular weight excluding hydrogens is 493 g/mol. The Morgan fingerprint density at radius 1 is 1.20 bits per heavy atom. The number of benzene rings is 1. The van der Waals surface area contributed by atoms with E-state index in [2.05, 4.69) is 60.4 Å². The van der Waals surface area contributed by atoms with Gasteiger partial charge in [0.1, 0.15) is 5.75 Å². The topological polar surface area (TPSA) is 61.4 Å². The molecule has 0 aromatic heterocycles. The smallest absolute Gasteiger partial charge is 0.191 e. The van der Waals surface area contributed by atoms with Gasteiger partial charge >= 0.3 is 0 Å². The molecule has 1 heterocycles. The lowest BCUT2D eigenvalue weighted by Gasteiger charge is -2.34. The fraction of sp³-hybridized carbons (Fsp3) is 0.682. The van der Waals surface area contributed by atoms with Crippen LogP contribution < -0.4 is 15.4 Å². The summed E-state index contributed by atoms with van der Waals surface area (Å²) in [5.74, 6) is 1.75. The Bertz CT molecular complexity index is 606. The molecule has 172 valence electrons. The molecule has 0 aliphatic carbocycles. The number of hydrogen-bond donors (Lipinski definition) is 2. The molecule has 0 radical (unpaired) electrons. The number of nitrogens with zero attached hydrogens (tertiary/aromatic N) is 3. The predicted molar refractivity (Wildman–Crippen MR) is 135 cm³/mol. The van der Waals surface area contributed by atoms with Gasteiger partial charge in [0, 0.05) is 38.8 Å². The molecule has 30 heavy (non-hydrogen) atoms. The highest BCUT2D eigenvalue weighted by atomic mass is 127. The fourth-order valence-corrected chi connectivity index (χ4v) is 3.28. The van der Waals surface area contributed by atoms with Gasteiger partial charge in [-0.15, -0.1) is 24.0 Å². The largest absolute Gasteiger partial charge is 0.497 e. The minimum atomic E-state index is 0. The van der Waals surface area contributed by atoms with E-state index in [9.17, 15) is 0 Å². The monoisotopic (exact) mass is 533 g/mol. The number of methoxy groups -OCH3 is 1. The summed E-state index contributed by atoms with van der Waals surface area (Å²) >= 11 is 0. The zero-order valence-corrected chi connectivity index (χ0v) is 21.5. The lowest BCUT2D eigenvalue weighted by atomic mass is 10.0. The Morgan fingerprint density at radius 2 is 1.87 bits per heavy atom. The van der Waals surface area contributed by atoms with Gasteiger partial charge in [-0.25, -0.2) is 0 Å². The zero-order chi connectivity index (χ0) is 21.1. The average molecular weight is 533 g/mol. The minimum absolute atomic E-state index is 0. The summed E-state index contributed by atoms with van der Waals surface area (Å²) in [5.41, 5.74) is 1.26. The predicted octanol–water partition coefficient (Wildman–Crippen LogP) is 2.58. The quantitative estimate of drug-likeness (QED) is 0.274. The number of ether oxygens (including phenoxy) is 2. The number of halogens is 1. The number of morpholine rings is 1. The summed E-state index contributed by atoms with van der Waals surface area (Å²) < 4.78 is 10.9. The van der Waals surface area contributed by atoms with Crippen LogP contribution in [0.1, 0.15) is 32.4 Å². The summed E-state index contributed by atoms with van der Waals surface area (Å²) in [5, 5.41) is 6.84. The van der Waals surface area contributed by atoms with Crippen molar-refractivity contribution in [1.82, 2.24) is 20.4 Å². The summed E-state index contributed by atoms with van der Waals surface area (Å²) in [6.07, 6.45) is 0. The van der Waals surface area contributed by atoms with Gasteiger partial charge in [-0.1, -0.05) is 12.1 Å². The highest BCUT2D eigenvalue weighted by molar-refractivity contribution is 14.0. The Morgan fingerprint density at radius 3 is 2.43 bits per heavy atom. The first-order valence-corrected chi connectivity index (χ1v) is 10.7. The maximum absolute atomic E-state index is 5.55. The number of nitrogens with one attached hydrogen (secondary N) is 2. The summed E-state index contributed by atoms with van der Waals surface area (Å²) in [7, 11) is 3.85. The molecule has 0 saturated carbocycles. The van der Waals surface area contributed by atoms with Gasteiger partial charge in [-0.3, -0.25) is 9.89 Å². The molecule has 7 nitrogen and oxygen atoms in total. The van der Waals surface area contributed by atoms with E-state index in [0.717, 1.165) is 57.6 Å². The first-order valence-electron chi connectivity index (χ1n) is 10.7. The van der Waals surface area contributed by atoms with Crippen LogP contribution >= 0.6 is 24.0 Å². The van der Waals surface area contributed by atoms with E-state index in [1.807, 2.05) is 12.1 Å². The van der Waals surface area contributed by atoms with Crippen molar-refractivity contribution in [2.75, 3.05) is 66.6 Å². The number of rotatable bonds is 10. The van der Waals surface area contributed by atoms with E-state index in [4.69, 9.17) is 14.5 Å². The van der Waals surface area contributed by atoms with E-state index in [-0.39, 0.29) is 30.0 Å². The van der Waals surface area contributed by atoms with Crippen molar-refractivity contribution >= 4 is 29.9 Å². The molecule has 0 amide bonds. The van der Waals surface area contributed by atoms with Crippen LogP contribution in [0.5, 0.6) is 5.75 Å². The van der Waals surface area contributed by atoms with Gasteiger partial charge in [0.15, 0.2) is 5.96 Å². The zero-order valence-electron chi connectivity index (χ0n) is 19.2. The average Bonchev–Trinajstić information content (AvgIpc) is 2.74. The molecule has 1 aromatic carbocycles. The van der Waals surface area contributed by atoms with Crippen molar-refractivity contribution in [2.45, 2.75) is 32.9 Å². The SMILES string of the molecule is CCNC(=NCC(c1ccc(OC)cc1)N1CCOCC1)NCCN(C)C(C)C.I. The first-order chi connectivity index (χ1) is 14.0. The van der Waals surface area contributed by atoms with Crippen molar-refractivity contribution in [3.63, 3.8) is 0 Å². The number of hydrogen-bond acceptors (Lipinski definition) is 5. The van der Waals surface area contributed by atoms with E-state index >= 15 is 0 Å². The van der Waals surface area contributed by atoms with Gasteiger partial charge in [0.05, 0.1) is 32.9 Å². The molecule has 2 N–H and O–H groups in total. The van der Waals surface area contributed by atoms with Crippen LogP contribution in [-0.4, -0.2) is 88.4 Å². The first kappa shape index (κ1) is 26.9. The van der Waals surface area contributed by atoms with Crippen LogP contribution in [0.15, 0.2) is 29.3 Å². The molecule has 1 aliphatic heterocycles. The maximum atomic E-state index is 5.55. The van der Waals surface area contributed by atoms with Gasteiger partial charge in [0.2, 0.25) is 0 Å². The van der Waals surface area contributed by atoms with Crippen molar-refractivity contribution < 1.29 is 9.47 Å². The Labute approximate surface area is 199 Å². The molecular formula is C22H40IN5O2. The van der Waals surface area contributed by atoms with Crippen LogP contribution in [0.25, 0.3) is 0 Å². The number of aliphatic imine (C=N–C) groups is 1. The van der Waals surface area contributed by atoms with Crippen molar-refractivity contribution in [3.8, 4) is 5.75 Å². The Hall–Kier alpha value is -1.10. The molecule has 1 unspecified atom stereocenters. The fourth-order valence-electron chi connectivity index (χ4n) is 3.28. The highest BCUT2D eigenvalue weighted by Crippen LogP contribution is 2.24. The number of guanidine groups is 1. The second-order valence-corrected chi connectivity index (χ2v) is 7.66. The van der Waals surface area contributed by atoms with Gasteiger partial charge in [-0.05, 0) is 45.5 Å². The van der Waals surface area contributed by atoms with Gasteiger partial charge < -0.3 is 25.0 Å². The summed E-state index contributed by atoms with van der Waals surface area (Å²) in [4.78, 5) is 9.70. The lowest BCUT2D eigenvalue weighted by Crippen LogP contribution is -2.43. The van der Waals surface area contributed by atoms with Gasteiger partial charge in [-0.2, -0.15) is 0 Å². The Kier molecular flexibility index (Phi) is 13.3. The number of likely N-dealkylation sites (N-methyl/N-ethyl adjacent to an activating group) is 1. The molecule has 1 fully saturated rings. The van der Waals surface area contributed by atoms with E-state index in [1.165, 1.54) is 5.56 Å². The third kappa shape index (κ3) is 8.95. The Balaban J connectivity index is 0.00000450. The molecule has 1 aromatic rings. The molecule has 1 atom stereocenters. The molecule has 2 rings (SSSR count). The third-order valence-electron chi connectivity index (χ3n) is 5.39. The standard InChI is InChI=1S/C22H39N5O2.HI/c1-6-23-22(24-11-12-26(4)18(2)3)25-17-21(27-13-15-29-16-14-27)19-7-9-20(28-5)10-8-19;/h7-10,18,21H,6,11-17H2,1-5H3,(H2,23,24,25);1H. The van der Waals surface area contributed by atoms with Crippen molar-refractivity contribution in [3.05, 3.63) is 29.8 Å². The molecule has 1 saturated heterocycles. The third-order valence-corrected chi connectivity index (χ3v) is 5.39. The minimum Gasteiger partial charge on any atom is -0.497 e. The van der Waals surface area contributed by atoms with Crippen LogP contribution in [0.3, 0.4) is 0 Å². The van der Waals surface area contributed by atoms with E-state index < -0.39 is 0 Å². The molecule has 1 aliphatic rings. The second-order valence-electron chi connectivity index (χ2n) is 7.66. The summed E-state index contributed by atoms with van der Waals surface area (Å²) in [6.45, 7) is 13.3. The molecule has 8 heteroatoms. The normalized spacial score (nSPS) is 16.3. The van der Waals surface area contributed by atoms with Crippen molar-refractivity contribution in [1.29, 1.82) is 0 Å². The molecule has 0 bridgehead atoms. The van der Waals surface area contributed by atoms with Crippen LogP contribution in [0, 0.1) is 0 Å². The van der Waals surface area contributed by atoms with E-state index in [0.29, 0.717) is 12.6 Å². The van der Waals surface area contributed by atoms with Gasteiger partial charge in [0.25, 0.3) is 0 Å². The van der Waals surface area contributed by atoms with Crippen LogP contribution in [0.4, 0.5) is 0 Å². The lowest BCUT2D eigenvalue weighted by molar-refractivity contribution is 0.0179. The molecule has 0 spiro atoms. The second kappa shape index (κ2) is 14.8. The summed E-state index contributed by atoms with van der Waals surface area (Å²) in [6, 6.07) is 9.10.